The number of carbonyl (C=O) groups excluding carboxylic acids is 2. The Hall–Kier alpha value is -3.59. The summed E-state index contributed by atoms with van der Waals surface area (Å²) < 4.78 is 21.0. The van der Waals surface area contributed by atoms with Crippen LogP contribution in [0.15, 0.2) is 47.6 Å². The molecule has 0 radical (unpaired) electrons. The van der Waals surface area contributed by atoms with E-state index in [9.17, 15) is 9.59 Å². The van der Waals surface area contributed by atoms with Gasteiger partial charge in [-0.25, -0.2) is 5.01 Å². The number of benzene rings is 2. The second-order valence-electron chi connectivity index (χ2n) is 7.53. The van der Waals surface area contributed by atoms with Gasteiger partial charge >= 0.3 is 0 Å². The number of carbonyl (C=O) groups is 2. The van der Waals surface area contributed by atoms with Crippen molar-refractivity contribution < 1.29 is 28.5 Å². The van der Waals surface area contributed by atoms with E-state index in [1.807, 2.05) is 36.4 Å². The monoisotopic (exact) mass is 455 g/mol. The lowest BCUT2D eigenvalue weighted by molar-refractivity contribution is -0.142. The van der Waals surface area contributed by atoms with Crippen molar-refractivity contribution in [2.24, 2.45) is 5.10 Å². The molecule has 1 aliphatic heterocycles. The Morgan fingerprint density at radius 1 is 1.00 bits per heavy atom. The Bertz CT molecular complexity index is 1020. The predicted molar refractivity (Wildman–Crippen MR) is 123 cm³/mol. The Morgan fingerprint density at radius 3 is 2.27 bits per heavy atom. The molecule has 0 unspecified atom stereocenters. The number of amides is 2. The number of nitrogens with zero attached hydrogens (tertiary/aromatic N) is 3. The van der Waals surface area contributed by atoms with Crippen LogP contribution in [-0.4, -0.2) is 76.1 Å². The molecule has 176 valence electrons. The smallest absolute Gasteiger partial charge is 0.262 e. The highest BCUT2D eigenvalue weighted by Crippen LogP contribution is 2.36. The zero-order chi connectivity index (χ0) is 24.0. The zero-order valence-corrected chi connectivity index (χ0v) is 19.5. The summed E-state index contributed by atoms with van der Waals surface area (Å²) in [5, 5.41) is 6.10. The van der Waals surface area contributed by atoms with E-state index in [2.05, 4.69) is 5.10 Å². The summed E-state index contributed by atoms with van der Waals surface area (Å²) in [5.41, 5.74) is 2.38. The van der Waals surface area contributed by atoms with Crippen molar-refractivity contribution in [2.75, 3.05) is 48.6 Å². The van der Waals surface area contributed by atoms with Crippen LogP contribution in [0.4, 0.5) is 0 Å². The van der Waals surface area contributed by atoms with Gasteiger partial charge in [0.1, 0.15) is 30.4 Å². The van der Waals surface area contributed by atoms with Crippen LogP contribution in [-0.2, 0) is 14.3 Å². The molecule has 0 bridgehead atoms. The average Bonchev–Trinajstić information content (AvgIpc) is 3.29. The molecule has 1 heterocycles. The third-order valence-corrected chi connectivity index (χ3v) is 5.45. The first-order valence-electron chi connectivity index (χ1n) is 10.4. The lowest BCUT2D eigenvalue weighted by Gasteiger charge is -2.25. The molecule has 2 aromatic carbocycles. The summed E-state index contributed by atoms with van der Waals surface area (Å²) in [6, 6.07) is 12.6. The molecule has 0 saturated carbocycles. The maximum Gasteiger partial charge on any atom is 0.262 e. The highest BCUT2D eigenvalue weighted by molar-refractivity contribution is 6.05. The van der Waals surface area contributed by atoms with Crippen LogP contribution in [0.1, 0.15) is 23.6 Å². The third-order valence-electron chi connectivity index (χ3n) is 5.45. The number of methoxy groups -OCH3 is 4. The van der Waals surface area contributed by atoms with Gasteiger partial charge in [0.25, 0.3) is 5.91 Å². The second kappa shape index (κ2) is 10.8. The molecule has 2 amide bonds. The van der Waals surface area contributed by atoms with Crippen LogP contribution in [0.3, 0.4) is 0 Å². The molecule has 0 saturated heterocycles. The van der Waals surface area contributed by atoms with Gasteiger partial charge in [-0.05, 0) is 29.8 Å². The Morgan fingerprint density at radius 2 is 1.67 bits per heavy atom. The summed E-state index contributed by atoms with van der Waals surface area (Å²) in [4.78, 5) is 26.6. The number of ether oxygens (including phenoxy) is 4. The molecule has 3 rings (SSSR count). The van der Waals surface area contributed by atoms with E-state index in [-0.39, 0.29) is 31.0 Å². The summed E-state index contributed by atoms with van der Waals surface area (Å²) >= 11 is 0. The molecule has 1 atom stereocenters. The predicted octanol–water partition coefficient (Wildman–Crippen LogP) is 2.49. The number of hydrogen-bond donors (Lipinski definition) is 0. The standard InChI is InChI=1S/C24H29N3O6/c1-26(24(29)15-30-2)14-23(28)27-21(16-6-8-17(31-3)9-7-16)13-20(25-27)19-11-10-18(32-4)12-22(19)33-5/h6-12,21H,13-15H2,1-5H3/t21-/m1/s1. The Balaban J connectivity index is 1.94. The van der Waals surface area contributed by atoms with E-state index in [1.54, 1.807) is 34.4 Å². The quantitative estimate of drug-likeness (QED) is 0.577. The minimum Gasteiger partial charge on any atom is -0.497 e. The zero-order valence-electron chi connectivity index (χ0n) is 19.5. The number of rotatable bonds is 9. The highest BCUT2D eigenvalue weighted by atomic mass is 16.5. The number of likely N-dealkylation sites (N-methyl/N-ethyl adjacent to an activating group) is 1. The molecule has 33 heavy (non-hydrogen) atoms. The van der Waals surface area contributed by atoms with E-state index in [0.29, 0.717) is 23.6 Å². The second-order valence-corrected chi connectivity index (χ2v) is 7.53. The molecule has 1 aliphatic rings. The summed E-state index contributed by atoms with van der Waals surface area (Å²) in [6.07, 6.45) is 0.483. The summed E-state index contributed by atoms with van der Waals surface area (Å²) in [7, 11) is 7.77. The third kappa shape index (κ3) is 5.43. The first kappa shape index (κ1) is 24.1. The lowest BCUT2D eigenvalue weighted by Crippen LogP contribution is -2.40. The molecule has 0 aliphatic carbocycles. The van der Waals surface area contributed by atoms with Crippen LogP contribution < -0.4 is 14.2 Å². The fourth-order valence-corrected chi connectivity index (χ4v) is 3.62. The van der Waals surface area contributed by atoms with Gasteiger partial charge in [-0.15, -0.1) is 0 Å². The minimum absolute atomic E-state index is 0.0940. The van der Waals surface area contributed by atoms with Gasteiger partial charge in [-0.1, -0.05) is 12.1 Å². The van der Waals surface area contributed by atoms with Gasteiger partial charge in [0.05, 0.1) is 33.1 Å². The molecule has 0 N–H and O–H groups in total. The molecule has 0 fully saturated rings. The van der Waals surface area contributed by atoms with Gasteiger partial charge in [-0.3, -0.25) is 9.59 Å². The van der Waals surface area contributed by atoms with Gasteiger partial charge < -0.3 is 23.8 Å². The van der Waals surface area contributed by atoms with E-state index in [4.69, 9.17) is 18.9 Å². The van der Waals surface area contributed by atoms with Gasteiger partial charge in [0.2, 0.25) is 5.91 Å². The maximum absolute atomic E-state index is 13.2. The Labute approximate surface area is 193 Å². The van der Waals surface area contributed by atoms with Crippen LogP contribution in [0.25, 0.3) is 0 Å². The average molecular weight is 456 g/mol. The topological polar surface area (TPSA) is 89.9 Å². The van der Waals surface area contributed by atoms with Crippen LogP contribution in [0, 0.1) is 0 Å². The lowest BCUT2D eigenvalue weighted by atomic mass is 9.97. The van der Waals surface area contributed by atoms with Crippen molar-refractivity contribution >= 4 is 17.5 Å². The van der Waals surface area contributed by atoms with Gasteiger partial charge in [0.15, 0.2) is 0 Å². The van der Waals surface area contributed by atoms with Gasteiger partial charge in [-0.2, -0.15) is 5.10 Å². The van der Waals surface area contributed by atoms with Crippen molar-refractivity contribution in [1.82, 2.24) is 9.91 Å². The summed E-state index contributed by atoms with van der Waals surface area (Å²) in [6.45, 7) is -0.214. The van der Waals surface area contributed by atoms with Crippen molar-refractivity contribution in [1.29, 1.82) is 0 Å². The van der Waals surface area contributed by atoms with E-state index in [0.717, 1.165) is 16.9 Å². The fourth-order valence-electron chi connectivity index (χ4n) is 3.62. The number of hydrogen-bond acceptors (Lipinski definition) is 7. The van der Waals surface area contributed by atoms with Crippen molar-refractivity contribution in [3.63, 3.8) is 0 Å². The van der Waals surface area contributed by atoms with Crippen LogP contribution in [0.5, 0.6) is 17.2 Å². The van der Waals surface area contributed by atoms with Crippen molar-refractivity contribution in [2.45, 2.75) is 12.5 Å². The first-order chi connectivity index (χ1) is 15.9. The maximum atomic E-state index is 13.2. The molecule has 0 aromatic heterocycles. The van der Waals surface area contributed by atoms with Gasteiger partial charge in [0, 0.05) is 32.2 Å². The van der Waals surface area contributed by atoms with E-state index in [1.165, 1.54) is 17.0 Å². The highest BCUT2D eigenvalue weighted by Gasteiger charge is 2.34. The van der Waals surface area contributed by atoms with E-state index >= 15 is 0 Å². The largest absolute Gasteiger partial charge is 0.497 e. The van der Waals surface area contributed by atoms with Crippen molar-refractivity contribution in [3.05, 3.63) is 53.6 Å². The summed E-state index contributed by atoms with van der Waals surface area (Å²) in [5.74, 6) is 1.39. The SMILES string of the molecule is COCC(=O)N(C)CC(=O)N1N=C(c2ccc(OC)cc2OC)C[C@@H]1c1ccc(OC)cc1. The number of hydrazone groups is 1. The van der Waals surface area contributed by atoms with Crippen LogP contribution >= 0.6 is 0 Å². The minimum atomic E-state index is -0.337. The fraction of sp³-hybridized carbons (Fsp3) is 0.375. The van der Waals surface area contributed by atoms with Crippen molar-refractivity contribution in [3.8, 4) is 17.2 Å². The molecule has 0 spiro atoms. The molecular weight excluding hydrogens is 426 g/mol. The van der Waals surface area contributed by atoms with Crippen LogP contribution in [0.2, 0.25) is 0 Å². The molecule has 9 nitrogen and oxygen atoms in total. The van der Waals surface area contributed by atoms with E-state index < -0.39 is 0 Å². The Kier molecular flexibility index (Phi) is 7.89. The molecule has 2 aromatic rings. The normalized spacial score (nSPS) is 15.1. The first-order valence-corrected chi connectivity index (χ1v) is 10.4. The molecular formula is C24H29N3O6. The molecule has 9 heteroatoms.